The maximum absolute atomic E-state index is 11.9. The van der Waals surface area contributed by atoms with E-state index in [0.717, 1.165) is 31.9 Å². The van der Waals surface area contributed by atoms with E-state index >= 15 is 0 Å². The summed E-state index contributed by atoms with van der Waals surface area (Å²) in [5, 5.41) is 4.58. The second kappa shape index (κ2) is 7.95. The topological polar surface area (TPSA) is 53.9 Å². The zero-order valence-electron chi connectivity index (χ0n) is 13.1. The molecule has 24 heavy (non-hydrogen) atoms. The minimum atomic E-state index is -0.271. The first-order chi connectivity index (χ1) is 11.7. The van der Waals surface area contributed by atoms with Crippen molar-refractivity contribution in [2.45, 2.75) is 0 Å². The molecule has 1 N–H and O–H groups in total. The van der Waals surface area contributed by atoms with Crippen LogP contribution in [-0.2, 0) is 4.74 Å². The van der Waals surface area contributed by atoms with Gasteiger partial charge in [-0.05, 0) is 42.0 Å². The number of hydrogen-bond acceptors (Lipinski definition) is 4. The molecule has 2 aromatic rings. The van der Waals surface area contributed by atoms with Gasteiger partial charge in [-0.1, -0.05) is 23.7 Å². The van der Waals surface area contributed by atoms with Crippen molar-refractivity contribution in [3.05, 3.63) is 64.7 Å². The zero-order valence-corrected chi connectivity index (χ0v) is 13.9. The Labute approximate surface area is 145 Å². The van der Waals surface area contributed by atoms with Crippen LogP contribution < -0.4 is 10.3 Å². The zero-order chi connectivity index (χ0) is 16.8. The number of nitrogens with one attached hydrogen (secondary N) is 1. The minimum absolute atomic E-state index is 0.271. The average Bonchev–Trinajstić information content (AvgIpc) is 2.63. The molecular formula is C18H18ClN3O2. The predicted octanol–water partition coefficient (Wildman–Crippen LogP) is 2.94. The van der Waals surface area contributed by atoms with Crippen molar-refractivity contribution in [3.8, 4) is 0 Å². The lowest BCUT2D eigenvalue weighted by Crippen LogP contribution is -2.36. The molecule has 0 bridgehead atoms. The van der Waals surface area contributed by atoms with Crippen LogP contribution in [0.15, 0.2) is 53.6 Å². The van der Waals surface area contributed by atoms with Gasteiger partial charge in [0.1, 0.15) is 0 Å². The Kier molecular flexibility index (Phi) is 5.46. The Morgan fingerprint density at radius 3 is 2.42 bits per heavy atom. The summed E-state index contributed by atoms with van der Waals surface area (Å²) in [6.45, 7) is 3.34. The van der Waals surface area contributed by atoms with Crippen LogP contribution >= 0.6 is 11.6 Å². The van der Waals surface area contributed by atoms with Gasteiger partial charge in [-0.25, -0.2) is 5.43 Å². The molecule has 5 nitrogen and oxygen atoms in total. The van der Waals surface area contributed by atoms with E-state index in [1.54, 1.807) is 30.5 Å². The summed E-state index contributed by atoms with van der Waals surface area (Å²) in [6.07, 6.45) is 1.62. The summed E-state index contributed by atoms with van der Waals surface area (Å²) in [5.41, 5.74) is 5.11. The van der Waals surface area contributed by atoms with E-state index in [2.05, 4.69) is 15.4 Å². The number of carbonyl (C=O) groups is 1. The predicted molar refractivity (Wildman–Crippen MR) is 96.0 cm³/mol. The molecule has 1 aliphatic heterocycles. The van der Waals surface area contributed by atoms with Crippen LogP contribution in [-0.4, -0.2) is 38.4 Å². The van der Waals surface area contributed by atoms with Crippen LogP contribution in [0.25, 0.3) is 0 Å². The molecule has 124 valence electrons. The fraction of sp³-hybridized carbons (Fsp3) is 0.222. The molecule has 1 amide bonds. The number of hydrazone groups is 1. The van der Waals surface area contributed by atoms with Crippen molar-refractivity contribution < 1.29 is 9.53 Å². The molecule has 3 rings (SSSR count). The number of amides is 1. The summed E-state index contributed by atoms with van der Waals surface area (Å²) >= 11 is 5.80. The summed E-state index contributed by atoms with van der Waals surface area (Å²) in [6, 6.07) is 14.7. The lowest BCUT2D eigenvalue weighted by molar-refractivity contribution is 0.0955. The molecular weight excluding hydrogens is 326 g/mol. The lowest BCUT2D eigenvalue weighted by atomic mass is 10.2. The monoisotopic (exact) mass is 343 g/mol. The normalized spacial score (nSPS) is 14.8. The van der Waals surface area contributed by atoms with Crippen LogP contribution in [0.3, 0.4) is 0 Å². The van der Waals surface area contributed by atoms with E-state index in [9.17, 15) is 4.79 Å². The number of morpholine rings is 1. The fourth-order valence-corrected chi connectivity index (χ4v) is 2.55. The molecule has 1 saturated heterocycles. The summed E-state index contributed by atoms with van der Waals surface area (Å²) in [7, 11) is 0. The van der Waals surface area contributed by atoms with Gasteiger partial charge in [0, 0.05) is 29.4 Å². The maximum Gasteiger partial charge on any atom is 0.271 e. The van der Waals surface area contributed by atoms with Crippen LogP contribution in [0.4, 0.5) is 5.69 Å². The second-order valence-corrected chi connectivity index (χ2v) is 5.83. The highest BCUT2D eigenvalue weighted by Crippen LogP contribution is 2.16. The molecule has 0 aliphatic carbocycles. The molecule has 0 saturated carbocycles. The van der Waals surface area contributed by atoms with Gasteiger partial charge in [-0.3, -0.25) is 4.79 Å². The molecule has 0 atom stereocenters. The van der Waals surface area contributed by atoms with Gasteiger partial charge in [-0.15, -0.1) is 0 Å². The third-order valence-electron chi connectivity index (χ3n) is 3.76. The van der Waals surface area contributed by atoms with Crippen molar-refractivity contribution in [2.75, 3.05) is 31.2 Å². The number of halogens is 1. The van der Waals surface area contributed by atoms with Gasteiger partial charge in [0.2, 0.25) is 0 Å². The molecule has 0 spiro atoms. The van der Waals surface area contributed by atoms with Crippen LogP contribution in [0, 0.1) is 0 Å². The van der Waals surface area contributed by atoms with Crippen molar-refractivity contribution >= 4 is 29.4 Å². The van der Waals surface area contributed by atoms with Gasteiger partial charge < -0.3 is 9.64 Å². The minimum Gasteiger partial charge on any atom is -0.378 e. The Hall–Kier alpha value is -2.37. The summed E-state index contributed by atoms with van der Waals surface area (Å²) in [4.78, 5) is 14.2. The summed E-state index contributed by atoms with van der Waals surface area (Å²) < 4.78 is 5.35. The number of ether oxygens (including phenoxy) is 1. The maximum atomic E-state index is 11.9. The SMILES string of the molecule is O=C(N/N=C\c1ccc(N2CCOCC2)cc1)c1ccc(Cl)cc1. The van der Waals surface area contributed by atoms with E-state index in [-0.39, 0.29) is 5.91 Å². The van der Waals surface area contributed by atoms with Gasteiger partial charge in [0.15, 0.2) is 0 Å². The van der Waals surface area contributed by atoms with Gasteiger partial charge in [0.25, 0.3) is 5.91 Å². The molecule has 1 aliphatic rings. The first-order valence-electron chi connectivity index (χ1n) is 7.74. The fourth-order valence-electron chi connectivity index (χ4n) is 2.42. The molecule has 6 heteroatoms. The number of benzene rings is 2. The third kappa shape index (κ3) is 4.34. The van der Waals surface area contributed by atoms with E-state index in [1.807, 2.05) is 24.3 Å². The Morgan fingerprint density at radius 2 is 1.75 bits per heavy atom. The standard InChI is InChI=1S/C18H18ClN3O2/c19-16-5-3-15(4-6-16)18(23)21-20-13-14-1-7-17(8-2-14)22-9-11-24-12-10-22/h1-8,13H,9-12H2,(H,21,23)/b20-13-. The Morgan fingerprint density at radius 1 is 1.08 bits per heavy atom. The molecule has 0 aromatic heterocycles. The van der Waals surface area contributed by atoms with Gasteiger partial charge in [-0.2, -0.15) is 5.10 Å². The molecule has 1 fully saturated rings. The van der Waals surface area contributed by atoms with E-state index in [4.69, 9.17) is 16.3 Å². The van der Waals surface area contributed by atoms with Crippen molar-refractivity contribution in [1.29, 1.82) is 0 Å². The molecule has 0 unspecified atom stereocenters. The first-order valence-corrected chi connectivity index (χ1v) is 8.12. The van der Waals surface area contributed by atoms with Crippen LogP contribution in [0.2, 0.25) is 5.02 Å². The van der Waals surface area contributed by atoms with Gasteiger partial charge in [0.05, 0.1) is 19.4 Å². The Balaban J connectivity index is 1.56. The largest absolute Gasteiger partial charge is 0.378 e. The lowest BCUT2D eigenvalue weighted by Gasteiger charge is -2.28. The molecule has 2 aromatic carbocycles. The number of anilines is 1. The average molecular weight is 344 g/mol. The van der Waals surface area contributed by atoms with Gasteiger partial charge >= 0.3 is 0 Å². The highest BCUT2D eigenvalue weighted by molar-refractivity contribution is 6.30. The van der Waals surface area contributed by atoms with E-state index < -0.39 is 0 Å². The quantitative estimate of drug-likeness (QED) is 0.686. The number of nitrogens with zero attached hydrogens (tertiary/aromatic N) is 2. The van der Waals surface area contributed by atoms with Crippen molar-refractivity contribution in [2.24, 2.45) is 5.10 Å². The number of carbonyl (C=O) groups excluding carboxylic acids is 1. The number of hydrogen-bond donors (Lipinski definition) is 1. The van der Waals surface area contributed by atoms with Crippen molar-refractivity contribution in [1.82, 2.24) is 5.43 Å². The van der Waals surface area contributed by atoms with Crippen LogP contribution in [0.5, 0.6) is 0 Å². The van der Waals surface area contributed by atoms with E-state index in [0.29, 0.717) is 10.6 Å². The summed E-state index contributed by atoms with van der Waals surface area (Å²) in [5.74, 6) is -0.271. The highest BCUT2D eigenvalue weighted by Gasteiger charge is 2.10. The third-order valence-corrected chi connectivity index (χ3v) is 4.01. The van der Waals surface area contributed by atoms with Crippen LogP contribution in [0.1, 0.15) is 15.9 Å². The number of rotatable bonds is 4. The first kappa shape index (κ1) is 16.5. The van der Waals surface area contributed by atoms with Crippen molar-refractivity contribution in [3.63, 3.8) is 0 Å². The Bertz CT molecular complexity index is 708. The molecule has 0 radical (unpaired) electrons. The van der Waals surface area contributed by atoms with E-state index in [1.165, 1.54) is 5.69 Å². The second-order valence-electron chi connectivity index (χ2n) is 5.40. The molecule has 1 heterocycles. The highest BCUT2D eigenvalue weighted by atomic mass is 35.5. The smallest absolute Gasteiger partial charge is 0.271 e.